The molecular formula is C15H20N2OS. The van der Waals surface area contributed by atoms with Crippen molar-refractivity contribution in [2.75, 3.05) is 13.6 Å². The second-order valence-electron chi connectivity index (χ2n) is 5.11. The van der Waals surface area contributed by atoms with E-state index in [0.29, 0.717) is 13.0 Å². The van der Waals surface area contributed by atoms with E-state index in [9.17, 15) is 4.79 Å². The molecule has 3 nitrogen and oxygen atoms in total. The van der Waals surface area contributed by atoms with Crippen LogP contribution in [-0.4, -0.2) is 24.4 Å². The van der Waals surface area contributed by atoms with Gasteiger partial charge in [0.25, 0.3) is 5.91 Å². The van der Waals surface area contributed by atoms with Gasteiger partial charge in [-0.1, -0.05) is 12.8 Å². The SMILES string of the molecule is CN(CCC#N)C(=O)c1cc2c(s1)CCCCCC2. The minimum Gasteiger partial charge on any atom is -0.340 e. The third kappa shape index (κ3) is 3.57. The Balaban J connectivity index is 2.10. The van der Waals surface area contributed by atoms with Crippen LogP contribution < -0.4 is 0 Å². The van der Waals surface area contributed by atoms with E-state index < -0.39 is 0 Å². The van der Waals surface area contributed by atoms with Crippen LogP contribution in [0.3, 0.4) is 0 Å². The monoisotopic (exact) mass is 276 g/mol. The summed E-state index contributed by atoms with van der Waals surface area (Å²) in [6, 6.07) is 4.16. The highest BCUT2D eigenvalue weighted by atomic mass is 32.1. The molecule has 1 aromatic rings. The molecule has 0 saturated carbocycles. The third-order valence-corrected chi connectivity index (χ3v) is 4.84. The number of aryl methyl sites for hydroxylation is 2. The van der Waals surface area contributed by atoms with E-state index in [4.69, 9.17) is 5.26 Å². The normalized spacial score (nSPS) is 14.9. The molecule has 0 atom stereocenters. The van der Waals surface area contributed by atoms with Crippen molar-refractivity contribution in [1.29, 1.82) is 5.26 Å². The van der Waals surface area contributed by atoms with E-state index in [1.165, 1.54) is 36.1 Å². The fraction of sp³-hybridized carbons (Fsp3) is 0.600. The van der Waals surface area contributed by atoms with Crippen molar-refractivity contribution in [2.24, 2.45) is 0 Å². The first-order chi connectivity index (χ1) is 9.22. The topological polar surface area (TPSA) is 44.1 Å². The van der Waals surface area contributed by atoms with E-state index in [1.807, 2.05) is 0 Å². The number of thiophene rings is 1. The summed E-state index contributed by atoms with van der Waals surface area (Å²) in [5.74, 6) is 0.0620. The molecule has 19 heavy (non-hydrogen) atoms. The zero-order valence-electron chi connectivity index (χ0n) is 11.4. The van der Waals surface area contributed by atoms with E-state index in [2.05, 4.69) is 12.1 Å². The average molecular weight is 276 g/mol. The molecule has 0 fully saturated rings. The minimum atomic E-state index is 0.0620. The third-order valence-electron chi connectivity index (χ3n) is 3.61. The summed E-state index contributed by atoms with van der Waals surface area (Å²) in [4.78, 5) is 16.2. The van der Waals surface area contributed by atoms with E-state index >= 15 is 0 Å². The van der Waals surface area contributed by atoms with E-state index in [1.54, 1.807) is 23.3 Å². The van der Waals surface area contributed by atoms with Crippen LogP contribution in [0, 0.1) is 11.3 Å². The molecule has 0 unspecified atom stereocenters. The lowest BCUT2D eigenvalue weighted by molar-refractivity contribution is 0.0802. The lowest BCUT2D eigenvalue weighted by Crippen LogP contribution is -2.26. The Kier molecular flexibility index (Phi) is 4.98. The summed E-state index contributed by atoms with van der Waals surface area (Å²) in [5, 5.41) is 8.58. The van der Waals surface area contributed by atoms with Gasteiger partial charge >= 0.3 is 0 Å². The van der Waals surface area contributed by atoms with Crippen LogP contribution in [0.2, 0.25) is 0 Å². The number of nitrogens with zero attached hydrogens (tertiary/aromatic N) is 2. The highest BCUT2D eigenvalue weighted by Gasteiger charge is 2.18. The van der Waals surface area contributed by atoms with Crippen LogP contribution in [-0.2, 0) is 12.8 Å². The smallest absolute Gasteiger partial charge is 0.263 e. The van der Waals surface area contributed by atoms with Crippen LogP contribution in [0.4, 0.5) is 0 Å². The maximum atomic E-state index is 12.3. The van der Waals surface area contributed by atoms with Crippen molar-refractivity contribution < 1.29 is 4.79 Å². The lowest BCUT2D eigenvalue weighted by atomic mass is 10.00. The van der Waals surface area contributed by atoms with Crippen molar-refractivity contribution in [2.45, 2.75) is 44.9 Å². The lowest BCUT2D eigenvalue weighted by Gasteiger charge is -2.13. The Morgan fingerprint density at radius 2 is 2.11 bits per heavy atom. The largest absolute Gasteiger partial charge is 0.340 e. The molecule has 0 aromatic carbocycles. The molecule has 1 aliphatic carbocycles. The standard InChI is InChI=1S/C15H20N2OS/c1-17(10-6-9-16)15(18)14-11-12-7-4-2-3-5-8-13(12)19-14/h11H,2-8,10H2,1H3. The highest BCUT2D eigenvalue weighted by Crippen LogP contribution is 2.29. The van der Waals surface area contributed by atoms with Crippen LogP contribution in [0.5, 0.6) is 0 Å². The van der Waals surface area contributed by atoms with Gasteiger partial charge in [-0.15, -0.1) is 11.3 Å². The van der Waals surface area contributed by atoms with Gasteiger partial charge in [0.1, 0.15) is 0 Å². The van der Waals surface area contributed by atoms with E-state index in [-0.39, 0.29) is 5.91 Å². The second-order valence-corrected chi connectivity index (χ2v) is 6.24. The first-order valence-corrected chi connectivity index (χ1v) is 7.78. The van der Waals surface area contributed by atoms with Gasteiger partial charge in [0.15, 0.2) is 0 Å². The van der Waals surface area contributed by atoms with Crippen molar-refractivity contribution in [3.8, 4) is 6.07 Å². The second kappa shape index (κ2) is 6.72. The van der Waals surface area contributed by atoms with Crippen LogP contribution in [0.1, 0.15) is 52.2 Å². The molecule has 1 heterocycles. The van der Waals surface area contributed by atoms with Crippen LogP contribution in [0.25, 0.3) is 0 Å². The first kappa shape index (κ1) is 14.1. The Morgan fingerprint density at radius 3 is 2.84 bits per heavy atom. The summed E-state index contributed by atoms with van der Waals surface area (Å²) >= 11 is 1.65. The summed E-state index contributed by atoms with van der Waals surface area (Å²) < 4.78 is 0. The molecule has 1 aromatic heterocycles. The Hall–Kier alpha value is -1.34. The molecule has 0 spiro atoms. The molecule has 2 rings (SSSR count). The number of hydrogen-bond acceptors (Lipinski definition) is 3. The number of hydrogen-bond donors (Lipinski definition) is 0. The molecule has 4 heteroatoms. The number of rotatable bonds is 3. The van der Waals surface area contributed by atoms with Gasteiger partial charge in [-0.05, 0) is 37.3 Å². The Bertz CT molecular complexity index is 461. The van der Waals surface area contributed by atoms with Crippen molar-refractivity contribution in [3.05, 3.63) is 21.4 Å². The number of carbonyl (C=O) groups is 1. The molecular weight excluding hydrogens is 256 g/mol. The molecule has 0 aliphatic heterocycles. The first-order valence-electron chi connectivity index (χ1n) is 6.96. The van der Waals surface area contributed by atoms with Gasteiger partial charge in [0.05, 0.1) is 17.4 Å². The van der Waals surface area contributed by atoms with Gasteiger partial charge in [0.2, 0.25) is 0 Å². The molecule has 0 saturated heterocycles. The minimum absolute atomic E-state index is 0.0620. The van der Waals surface area contributed by atoms with Crippen molar-refractivity contribution in [1.82, 2.24) is 4.90 Å². The van der Waals surface area contributed by atoms with Crippen LogP contribution in [0.15, 0.2) is 6.07 Å². The summed E-state index contributed by atoms with van der Waals surface area (Å²) in [5.41, 5.74) is 1.38. The summed E-state index contributed by atoms with van der Waals surface area (Å²) in [7, 11) is 1.77. The quantitative estimate of drug-likeness (QED) is 0.849. The molecule has 0 N–H and O–H groups in total. The Morgan fingerprint density at radius 1 is 1.37 bits per heavy atom. The van der Waals surface area contributed by atoms with Gasteiger partial charge in [-0.3, -0.25) is 4.79 Å². The van der Waals surface area contributed by atoms with Crippen molar-refractivity contribution >= 4 is 17.2 Å². The molecule has 0 radical (unpaired) electrons. The molecule has 1 amide bonds. The Labute approximate surface area is 118 Å². The summed E-state index contributed by atoms with van der Waals surface area (Å²) in [6.45, 7) is 0.512. The average Bonchev–Trinajstić information content (AvgIpc) is 2.77. The van der Waals surface area contributed by atoms with Gasteiger partial charge < -0.3 is 4.90 Å². The predicted molar refractivity (Wildman–Crippen MR) is 77.4 cm³/mol. The number of amides is 1. The number of fused-ring (bicyclic) bond motifs is 1. The maximum Gasteiger partial charge on any atom is 0.263 e. The fourth-order valence-corrected chi connectivity index (χ4v) is 3.71. The zero-order chi connectivity index (χ0) is 13.7. The van der Waals surface area contributed by atoms with Gasteiger partial charge in [-0.25, -0.2) is 0 Å². The molecule has 0 bridgehead atoms. The van der Waals surface area contributed by atoms with Crippen molar-refractivity contribution in [3.63, 3.8) is 0 Å². The number of carbonyl (C=O) groups excluding carboxylic acids is 1. The zero-order valence-corrected chi connectivity index (χ0v) is 12.3. The molecule has 102 valence electrons. The number of nitriles is 1. The predicted octanol–water partition coefficient (Wildman–Crippen LogP) is 3.39. The fourth-order valence-electron chi connectivity index (χ4n) is 2.46. The van der Waals surface area contributed by atoms with Crippen LogP contribution >= 0.6 is 11.3 Å². The molecule has 1 aliphatic rings. The highest BCUT2D eigenvalue weighted by molar-refractivity contribution is 7.14. The van der Waals surface area contributed by atoms with Gasteiger partial charge in [-0.2, -0.15) is 5.26 Å². The van der Waals surface area contributed by atoms with Gasteiger partial charge in [0, 0.05) is 18.5 Å². The van der Waals surface area contributed by atoms with E-state index in [0.717, 1.165) is 17.7 Å². The maximum absolute atomic E-state index is 12.3. The summed E-state index contributed by atoms with van der Waals surface area (Å²) in [6.07, 6.45) is 7.72.